The lowest BCUT2D eigenvalue weighted by Gasteiger charge is -2.08. The van der Waals surface area contributed by atoms with E-state index >= 15 is 0 Å². The van der Waals surface area contributed by atoms with Crippen LogP contribution in [0.5, 0.6) is 5.75 Å². The molecule has 4 nitrogen and oxygen atoms in total. The number of carbonyl (C=O) groups is 2. The second-order valence-electron chi connectivity index (χ2n) is 2.65. The van der Waals surface area contributed by atoms with E-state index in [-0.39, 0.29) is 27.9 Å². The molecule has 0 fully saturated rings. The maximum absolute atomic E-state index is 10.8. The van der Waals surface area contributed by atoms with E-state index in [1.54, 1.807) is 0 Å². The van der Waals surface area contributed by atoms with Gasteiger partial charge in [0.05, 0.1) is 16.3 Å². The standard InChI is InChI=1S/C9H8ClNO3/c1-5(13)11-9-6(4-12)7(10)2-3-8(9)14/h2-4,14H,1H3,(H,11,13). The van der Waals surface area contributed by atoms with Crippen LogP contribution in [0.15, 0.2) is 12.1 Å². The molecule has 0 saturated carbocycles. The Bertz CT molecular complexity index is 390. The lowest BCUT2D eigenvalue weighted by Crippen LogP contribution is -2.08. The van der Waals surface area contributed by atoms with Gasteiger partial charge in [0.15, 0.2) is 6.29 Å². The van der Waals surface area contributed by atoms with Crippen LogP contribution in [0.2, 0.25) is 5.02 Å². The van der Waals surface area contributed by atoms with Gasteiger partial charge in [0.2, 0.25) is 5.91 Å². The predicted molar refractivity (Wildman–Crippen MR) is 52.8 cm³/mol. The Morgan fingerprint density at radius 2 is 2.21 bits per heavy atom. The Morgan fingerprint density at radius 1 is 1.57 bits per heavy atom. The fraction of sp³-hybridized carbons (Fsp3) is 0.111. The Labute approximate surface area is 85.5 Å². The van der Waals surface area contributed by atoms with Crippen LogP contribution in [0.3, 0.4) is 0 Å². The third-order valence-electron chi connectivity index (χ3n) is 1.59. The molecule has 0 unspecified atom stereocenters. The van der Waals surface area contributed by atoms with Gasteiger partial charge in [-0.25, -0.2) is 0 Å². The fourth-order valence-electron chi connectivity index (χ4n) is 1.01. The van der Waals surface area contributed by atoms with Crippen molar-refractivity contribution in [2.75, 3.05) is 5.32 Å². The van der Waals surface area contributed by atoms with Crippen LogP contribution in [0.25, 0.3) is 0 Å². The van der Waals surface area contributed by atoms with Crippen LogP contribution in [-0.4, -0.2) is 17.3 Å². The number of nitrogens with one attached hydrogen (secondary N) is 1. The van der Waals surface area contributed by atoms with E-state index in [1.807, 2.05) is 0 Å². The first-order valence-electron chi connectivity index (χ1n) is 3.80. The molecule has 0 aliphatic carbocycles. The molecule has 2 N–H and O–H groups in total. The van der Waals surface area contributed by atoms with Crippen LogP contribution >= 0.6 is 11.6 Å². The summed E-state index contributed by atoms with van der Waals surface area (Å²) < 4.78 is 0. The predicted octanol–water partition coefficient (Wildman–Crippen LogP) is 1.82. The summed E-state index contributed by atoms with van der Waals surface area (Å²) in [6.07, 6.45) is 0.479. The number of carbonyl (C=O) groups excluding carboxylic acids is 2. The zero-order valence-electron chi connectivity index (χ0n) is 7.37. The average molecular weight is 214 g/mol. The lowest BCUT2D eigenvalue weighted by molar-refractivity contribution is -0.114. The SMILES string of the molecule is CC(=O)Nc1c(O)ccc(Cl)c1C=O. The topological polar surface area (TPSA) is 66.4 Å². The van der Waals surface area contributed by atoms with Gasteiger partial charge in [-0.1, -0.05) is 11.6 Å². The molecule has 1 aromatic rings. The summed E-state index contributed by atoms with van der Waals surface area (Å²) in [4.78, 5) is 21.4. The molecular formula is C9H8ClNO3. The van der Waals surface area contributed by atoms with E-state index in [0.29, 0.717) is 6.29 Å². The number of phenolic OH excluding ortho intramolecular Hbond substituents is 1. The van der Waals surface area contributed by atoms with Crippen molar-refractivity contribution in [3.8, 4) is 5.75 Å². The normalized spacial score (nSPS) is 9.57. The molecule has 1 rings (SSSR count). The number of aldehydes is 1. The van der Waals surface area contributed by atoms with Crippen LogP contribution in [0.4, 0.5) is 5.69 Å². The summed E-state index contributed by atoms with van der Waals surface area (Å²) >= 11 is 5.69. The van der Waals surface area contributed by atoms with E-state index in [2.05, 4.69) is 5.32 Å². The van der Waals surface area contributed by atoms with Crippen LogP contribution in [0.1, 0.15) is 17.3 Å². The molecule has 0 bridgehead atoms. The molecule has 5 heteroatoms. The first kappa shape index (κ1) is 10.5. The van der Waals surface area contributed by atoms with Gasteiger partial charge < -0.3 is 10.4 Å². The molecule has 1 aromatic carbocycles. The number of anilines is 1. The molecule has 0 aromatic heterocycles. The Balaban J connectivity index is 3.29. The van der Waals surface area contributed by atoms with Crippen molar-refractivity contribution in [1.29, 1.82) is 0 Å². The minimum Gasteiger partial charge on any atom is -0.506 e. The Kier molecular flexibility index (Phi) is 3.09. The second-order valence-corrected chi connectivity index (χ2v) is 3.06. The molecule has 74 valence electrons. The molecule has 0 heterocycles. The molecule has 0 spiro atoms. The summed E-state index contributed by atoms with van der Waals surface area (Å²) in [6.45, 7) is 1.27. The van der Waals surface area contributed by atoms with Crippen molar-refractivity contribution in [2.45, 2.75) is 6.92 Å². The summed E-state index contributed by atoms with van der Waals surface area (Å²) in [6, 6.07) is 2.69. The quantitative estimate of drug-likeness (QED) is 0.582. The number of phenols is 1. The van der Waals surface area contributed by atoms with Gasteiger partial charge in [0.25, 0.3) is 0 Å². The van der Waals surface area contributed by atoms with Crippen molar-refractivity contribution in [3.05, 3.63) is 22.7 Å². The zero-order valence-corrected chi connectivity index (χ0v) is 8.13. The monoisotopic (exact) mass is 213 g/mol. The number of amides is 1. The molecule has 0 atom stereocenters. The van der Waals surface area contributed by atoms with Crippen LogP contribution < -0.4 is 5.32 Å². The maximum Gasteiger partial charge on any atom is 0.221 e. The van der Waals surface area contributed by atoms with Crippen molar-refractivity contribution in [1.82, 2.24) is 0 Å². The highest BCUT2D eigenvalue weighted by molar-refractivity contribution is 6.33. The lowest BCUT2D eigenvalue weighted by atomic mass is 10.1. The van der Waals surface area contributed by atoms with Gasteiger partial charge in [-0.15, -0.1) is 0 Å². The van der Waals surface area contributed by atoms with Crippen LogP contribution in [-0.2, 0) is 4.79 Å². The van der Waals surface area contributed by atoms with E-state index in [0.717, 1.165) is 0 Å². The zero-order chi connectivity index (χ0) is 10.7. The Morgan fingerprint density at radius 3 is 2.71 bits per heavy atom. The summed E-state index contributed by atoms with van der Waals surface area (Å²) in [5, 5.41) is 11.9. The minimum atomic E-state index is -0.384. The number of halogens is 1. The first-order chi connectivity index (χ1) is 6.56. The van der Waals surface area contributed by atoms with Gasteiger partial charge >= 0.3 is 0 Å². The molecule has 0 aliphatic heterocycles. The number of hydrogen-bond acceptors (Lipinski definition) is 3. The van der Waals surface area contributed by atoms with Crippen LogP contribution in [0, 0.1) is 0 Å². The number of benzene rings is 1. The van der Waals surface area contributed by atoms with Gasteiger partial charge in [-0.05, 0) is 12.1 Å². The highest BCUT2D eigenvalue weighted by atomic mass is 35.5. The fourth-order valence-corrected chi connectivity index (χ4v) is 1.21. The summed E-state index contributed by atoms with van der Waals surface area (Å²) in [5.41, 5.74) is 0.113. The molecule has 0 saturated heterocycles. The van der Waals surface area contributed by atoms with E-state index in [9.17, 15) is 14.7 Å². The highest BCUT2D eigenvalue weighted by Crippen LogP contribution is 2.31. The van der Waals surface area contributed by atoms with E-state index in [1.165, 1.54) is 19.1 Å². The summed E-state index contributed by atoms with van der Waals surface area (Å²) in [5.74, 6) is -0.572. The first-order valence-corrected chi connectivity index (χ1v) is 4.18. The third-order valence-corrected chi connectivity index (χ3v) is 1.92. The Hall–Kier alpha value is -1.55. The highest BCUT2D eigenvalue weighted by Gasteiger charge is 2.12. The number of aromatic hydroxyl groups is 1. The molecule has 0 aliphatic rings. The summed E-state index contributed by atoms with van der Waals surface area (Å²) in [7, 11) is 0. The second kappa shape index (κ2) is 4.11. The van der Waals surface area contributed by atoms with Gasteiger partial charge in [-0.2, -0.15) is 0 Å². The average Bonchev–Trinajstić information content (AvgIpc) is 2.11. The van der Waals surface area contributed by atoms with Gasteiger partial charge in [0.1, 0.15) is 5.75 Å². The van der Waals surface area contributed by atoms with Crippen molar-refractivity contribution < 1.29 is 14.7 Å². The maximum atomic E-state index is 10.8. The number of rotatable bonds is 2. The minimum absolute atomic E-state index is 0.0417. The van der Waals surface area contributed by atoms with Gasteiger partial charge in [0, 0.05) is 6.92 Å². The van der Waals surface area contributed by atoms with Crippen molar-refractivity contribution in [3.63, 3.8) is 0 Å². The van der Waals surface area contributed by atoms with Crippen molar-refractivity contribution in [2.24, 2.45) is 0 Å². The molecule has 1 amide bonds. The van der Waals surface area contributed by atoms with E-state index < -0.39 is 0 Å². The molecule has 14 heavy (non-hydrogen) atoms. The smallest absolute Gasteiger partial charge is 0.221 e. The molecule has 0 radical (unpaired) electrons. The largest absolute Gasteiger partial charge is 0.506 e. The number of hydrogen-bond donors (Lipinski definition) is 2. The van der Waals surface area contributed by atoms with Crippen molar-refractivity contribution >= 4 is 29.5 Å². The van der Waals surface area contributed by atoms with Gasteiger partial charge in [-0.3, -0.25) is 9.59 Å². The van der Waals surface area contributed by atoms with E-state index in [4.69, 9.17) is 11.6 Å². The molecular weight excluding hydrogens is 206 g/mol. The third kappa shape index (κ3) is 2.03.